The molecule has 0 unspecified atom stereocenters. The van der Waals surface area contributed by atoms with Crippen molar-refractivity contribution in [2.75, 3.05) is 19.5 Å². The molecule has 10 heteroatoms. The number of hydrogen-bond donors (Lipinski definition) is 4. The molecule has 0 amide bonds. The highest BCUT2D eigenvalue weighted by Crippen LogP contribution is 2.33. The minimum absolute atomic E-state index is 0.0262. The molecule has 0 fully saturated rings. The van der Waals surface area contributed by atoms with Crippen LogP contribution >= 0.6 is 0 Å². The molecule has 0 saturated heterocycles. The molecule has 0 atom stereocenters. The summed E-state index contributed by atoms with van der Waals surface area (Å²) in [5.74, 6) is -1.02. The van der Waals surface area contributed by atoms with Crippen molar-refractivity contribution in [3.05, 3.63) is 77.4 Å². The number of nitrogens with two attached hydrogens (primary N) is 2. The summed E-state index contributed by atoms with van der Waals surface area (Å²) in [5, 5.41) is 17.1. The Morgan fingerprint density at radius 3 is 2.21 bits per heavy atom. The Morgan fingerprint density at radius 2 is 1.67 bits per heavy atom. The molecule has 172 valence electrons. The van der Waals surface area contributed by atoms with Crippen molar-refractivity contribution in [3.63, 3.8) is 0 Å². The minimum atomic E-state index is -4.02. The van der Waals surface area contributed by atoms with Crippen LogP contribution in [0.15, 0.2) is 70.5 Å². The maximum Gasteiger partial charge on any atom is 0.339 e. The fourth-order valence-electron chi connectivity index (χ4n) is 3.11. The molecule has 0 saturated carbocycles. The number of benzene rings is 3. The van der Waals surface area contributed by atoms with Crippen LogP contribution in [0.1, 0.15) is 21.5 Å². The van der Waals surface area contributed by atoms with Crippen LogP contribution in [0.2, 0.25) is 0 Å². The lowest BCUT2D eigenvalue weighted by Gasteiger charge is -2.14. The van der Waals surface area contributed by atoms with Gasteiger partial charge in [0.25, 0.3) is 0 Å². The Labute approximate surface area is 191 Å². The first-order chi connectivity index (χ1) is 15.6. The van der Waals surface area contributed by atoms with E-state index in [1.807, 2.05) is 0 Å². The topological polar surface area (TPSA) is 166 Å². The molecule has 33 heavy (non-hydrogen) atoms. The van der Waals surface area contributed by atoms with Gasteiger partial charge in [-0.1, -0.05) is 24.3 Å². The predicted molar refractivity (Wildman–Crippen MR) is 123 cm³/mol. The van der Waals surface area contributed by atoms with E-state index in [0.717, 1.165) is 11.6 Å². The summed E-state index contributed by atoms with van der Waals surface area (Å²) in [6, 6.07) is 14.9. The SMILES string of the molecule is COc1ccc(S(=O)(=O)c2cc(N)c(OCCc3ccc(C(=N)N)cc3)c(C(=O)O)c2)cc1. The second-order valence-corrected chi connectivity index (χ2v) is 9.03. The number of carboxylic acid groups (broad SMARTS) is 1. The zero-order valence-corrected chi connectivity index (χ0v) is 18.6. The molecule has 9 nitrogen and oxygen atoms in total. The van der Waals surface area contributed by atoms with Gasteiger partial charge in [-0.3, -0.25) is 5.41 Å². The lowest BCUT2D eigenvalue weighted by Crippen LogP contribution is -2.12. The van der Waals surface area contributed by atoms with E-state index in [1.165, 1.54) is 37.4 Å². The van der Waals surface area contributed by atoms with Crippen molar-refractivity contribution in [2.45, 2.75) is 16.2 Å². The van der Waals surface area contributed by atoms with E-state index in [2.05, 4.69) is 0 Å². The number of methoxy groups -OCH3 is 1. The van der Waals surface area contributed by atoms with Crippen molar-refractivity contribution >= 4 is 27.3 Å². The Morgan fingerprint density at radius 1 is 1.03 bits per heavy atom. The van der Waals surface area contributed by atoms with Gasteiger partial charge in [0, 0.05) is 12.0 Å². The fraction of sp³-hybridized carbons (Fsp3) is 0.130. The molecular formula is C23H23N3O6S. The van der Waals surface area contributed by atoms with Gasteiger partial charge in [0.2, 0.25) is 9.84 Å². The molecule has 0 heterocycles. The Balaban J connectivity index is 1.84. The van der Waals surface area contributed by atoms with E-state index < -0.39 is 15.8 Å². The van der Waals surface area contributed by atoms with Crippen molar-refractivity contribution in [3.8, 4) is 11.5 Å². The van der Waals surface area contributed by atoms with Gasteiger partial charge in [-0.15, -0.1) is 0 Å². The lowest BCUT2D eigenvalue weighted by atomic mass is 10.1. The number of sulfone groups is 1. The van der Waals surface area contributed by atoms with Crippen LogP contribution in [0.5, 0.6) is 11.5 Å². The van der Waals surface area contributed by atoms with Crippen LogP contribution in [0.3, 0.4) is 0 Å². The average Bonchev–Trinajstić information content (AvgIpc) is 2.80. The number of aromatic carboxylic acids is 1. The second kappa shape index (κ2) is 9.61. The molecule has 0 aliphatic rings. The largest absolute Gasteiger partial charge is 0.497 e. The maximum absolute atomic E-state index is 13.0. The van der Waals surface area contributed by atoms with E-state index in [9.17, 15) is 18.3 Å². The standard InChI is InChI=1S/C23H23N3O6S/c1-31-16-6-8-17(9-7-16)33(29,30)18-12-19(23(27)28)21(20(24)13-18)32-11-10-14-2-4-15(5-3-14)22(25)26/h2-9,12-13H,10-11,24H2,1H3,(H3,25,26)(H,27,28). The third kappa shape index (κ3) is 5.24. The zero-order valence-electron chi connectivity index (χ0n) is 17.7. The summed E-state index contributed by atoms with van der Waals surface area (Å²) < 4.78 is 36.6. The van der Waals surface area contributed by atoms with Gasteiger partial charge in [-0.2, -0.15) is 0 Å². The lowest BCUT2D eigenvalue weighted by molar-refractivity contribution is 0.0692. The summed E-state index contributed by atoms with van der Waals surface area (Å²) in [4.78, 5) is 11.5. The molecule has 0 radical (unpaired) electrons. The Kier molecular flexibility index (Phi) is 6.88. The first-order valence-electron chi connectivity index (χ1n) is 9.75. The van der Waals surface area contributed by atoms with Crippen LogP contribution in [-0.4, -0.2) is 39.0 Å². The van der Waals surface area contributed by atoms with Crippen molar-refractivity contribution < 1.29 is 27.8 Å². The van der Waals surface area contributed by atoms with Gasteiger partial charge in [0.15, 0.2) is 5.75 Å². The smallest absolute Gasteiger partial charge is 0.339 e. The van der Waals surface area contributed by atoms with Crippen LogP contribution < -0.4 is 20.9 Å². The predicted octanol–water partition coefficient (Wildman–Crippen LogP) is 2.71. The quantitative estimate of drug-likeness (QED) is 0.211. The zero-order chi connectivity index (χ0) is 24.2. The number of anilines is 1. The van der Waals surface area contributed by atoms with Gasteiger partial charge >= 0.3 is 5.97 Å². The molecule has 0 bridgehead atoms. The Hall–Kier alpha value is -4.05. The number of hydrogen-bond acceptors (Lipinski definition) is 7. The molecule has 0 spiro atoms. The highest BCUT2D eigenvalue weighted by molar-refractivity contribution is 7.91. The average molecular weight is 470 g/mol. The summed E-state index contributed by atoms with van der Waals surface area (Å²) in [6.07, 6.45) is 0.433. The van der Waals surface area contributed by atoms with E-state index in [4.69, 9.17) is 26.4 Å². The summed E-state index contributed by atoms with van der Waals surface area (Å²) in [7, 11) is -2.55. The van der Waals surface area contributed by atoms with Gasteiger partial charge in [-0.05, 0) is 42.0 Å². The summed E-state index contributed by atoms with van der Waals surface area (Å²) in [6.45, 7) is 0.106. The molecule has 6 N–H and O–H groups in total. The minimum Gasteiger partial charge on any atom is -0.497 e. The number of amidine groups is 1. The number of ether oxygens (including phenoxy) is 2. The highest BCUT2D eigenvalue weighted by Gasteiger charge is 2.24. The normalized spacial score (nSPS) is 11.1. The first kappa shape index (κ1) is 23.6. The fourth-order valence-corrected chi connectivity index (χ4v) is 4.43. The summed E-state index contributed by atoms with van der Waals surface area (Å²) in [5.41, 5.74) is 12.5. The monoisotopic (exact) mass is 469 g/mol. The van der Waals surface area contributed by atoms with Gasteiger partial charge in [-0.25, -0.2) is 13.2 Å². The number of rotatable bonds is 9. The molecule has 3 rings (SSSR count). The van der Waals surface area contributed by atoms with Crippen LogP contribution in [0.25, 0.3) is 0 Å². The molecule has 0 aliphatic heterocycles. The molecule has 0 aromatic heterocycles. The van der Waals surface area contributed by atoms with Crippen LogP contribution in [-0.2, 0) is 16.3 Å². The van der Waals surface area contributed by atoms with Crippen molar-refractivity contribution in [1.29, 1.82) is 5.41 Å². The molecule has 3 aromatic carbocycles. The third-order valence-electron chi connectivity index (χ3n) is 4.90. The second-order valence-electron chi connectivity index (χ2n) is 7.08. The van der Waals surface area contributed by atoms with Gasteiger partial charge < -0.3 is 26.0 Å². The Bertz CT molecular complexity index is 1290. The van der Waals surface area contributed by atoms with Crippen LogP contribution in [0, 0.1) is 5.41 Å². The van der Waals surface area contributed by atoms with Crippen molar-refractivity contribution in [1.82, 2.24) is 0 Å². The van der Waals surface area contributed by atoms with Gasteiger partial charge in [0.05, 0.1) is 29.2 Å². The third-order valence-corrected chi connectivity index (χ3v) is 6.65. The van der Waals surface area contributed by atoms with Gasteiger partial charge in [0.1, 0.15) is 17.1 Å². The number of carboxylic acids is 1. The molecule has 0 aliphatic carbocycles. The van der Waals surface area contributed by atoms with E-state index in [1.54, 1.807) is 24.3 Å². The maximum atomic E-state index is 13.0. The molecule has 3 aromatic rings. The number of carbonyl (C=O) groups is 1. The highest BCUT2D eigenvalue weighted by atomic mass is 32.2. The van der Waals surface area contributed by atoms with E-state index >= 15 is 0 Å². The first-order valence-corrected chi connectivity index (χ1v) is 11.2. The number of nitrogen functional groups attached to an aromatic ring is 2. The molecular weight excluding hydrogens is 446 g/mol. The number of nitrogens with one attached hydrogen (secondary N) is 1. The van der Waals surface area contributed by atoms with Crippen molar-refractivity contribution in [2.24, 2.45) is 5.73 Å². The van der Waals surface area contributed by atoms with E-state index in [-0.39, 0.29) is 39.2 Å². The van der Waals surface area contributed by atoms with Crippen LogP contribution in [0.4, 0.5) is 5.69 Å². The van der Waals surface area contributed by atoms with E-state index in [0.29, 0.717) is 17.7 Å². The summed E-state index contributed by atoms with van der Waals surface area (Å²) >= 11 is 0.